The molecule has 1 aliphatic rings. The van der Waals surface area contributed by atoms with Gasteiger partial charge >= 0.3 is 5.76 Å². The number of aromatic nitrogens is 1. The molecule has 18 heavy (non-hydrogen) atoms. The molecule has 1 fully saturated rings. The van der Waals surface area contributed by atoms with Crippen LogP contribution in [0.3, 0.4) is 0 Å². The largest absolute Gasteiger partial charge is 0.419 e. The molecule has 1 unspecified atom stereocenters. The number of nitrogens with zero attached hydrogens (tertiary/aromatic N) is 1. The molecule has 1 saturated heterocycles. The van der Waals surface area contributed by atoms with Crippen LogP contribution in [0.5, 0.6) is 0 Å². The van der Waals surface area contributed by atoms with Crippen molar-refractivity contribution in [2.24, 2.45) is 7.05 Å². The summed E-state index contributed by atoms with van der Waals surface area (Å²) in [6, 6.07) is 6.62. The molecule has 4 nitrogen and oxygen atoms in total. The summed E-state index contributed by atoms with van der Waals surface area (Å²) in [4.78, 5) is 11.4. The maximum atomic E-state index is 11.4. The zero-order valence-electron chi connectivity index (χ0n) is 10.6. The molecular formula is C14H18N2O2. The Kier molecular flexibility index (Phi) is 2.96. The summed E-state index contributed by atoms with van der Waals surface area (Å²) in [5.74, 6) is -0.294. The summed E-state index contributed by atoms with van der Waals surface area (Å²) in [5, 5.41) is 3.53. The molecular weight excluding hydrogens is 228 g/mol. The van der Waals surface area contributed by atoms with Gasteiger partial charge in [0, 0.05) is 13.1 Å². The first-order chi connectivity index (χ1) is 8.74. The minimum absolute atomic E-state index is 0.294. The lowest BCUT2D eigenvalue weighted by Gasteiger charge is -2.23. The Labute approximate surface area is 106 Å². The van der Waals surface area contributed by atoms with Crippen LogP contribution in [-0.2, 0) is 13.5 Å². The van der Waals surface area contributed by atoms with Crippen LogP contribution in [0.2, 0.25) is 0 Å². The normalized spacial score (nSPS) is 20.4. The van der Waals surface area contributed by atoms with Gasteiger partial charge in [0.15, 0.2) is 5.58 Å². The number of piperidine rings is 1. The third kappa shape index (κ3) is 2.08. The van der Waals surface area contributed by atoms with Crippen molar-refractivity contribution in [1.29, 1.82) is 0 Å². The first-order valence-corrected chi connectivity index (χ1v) is 6.56. The minimum Gasteiger partial charge on any atom is -0.408 e. The monoisotopic (exact) mass is 246 g/mol. The average Bonchev–Trinajstić information content (AvgIpc) is 2.66. The van der Waals surface area contributed by atoms with Gasteiger partial charge < -0.3 is 9.73 Å². The number of fused-ring (bicyclic) bond motifs is 1. The Bertz CT molecular complexity index is 606. The Morgan fingerprint density at radius 1 is 1.44 bits per heavy atom. The Balaban J connectivity index is 1.86. The third-order valence-electron chi connectivity index (χ3n) is 3.75. The average molecular weight is 246 g/mol. The van der Waals surface area contributed by atoms with Gasteiger partial charge in [-0.1, -0.05) is 12.5 Å². The molecule has 0 saturated carbocycles. The van der Waals surface area contributed by atoms with Gasteiger partial charge in [-0.15, -0.1) is 0 Å². The predicted molar refractivity (Wildman–Crippen MR) is 70.8 cm³/mol. The van der Waals surface area contributed by atoms with Gasteiger partial charge in [0.1, 0.15) is 0 Å². The van der Waals surface area contributed by atoms with Crippen LogP contribution < -0.4 is 11.1 Å². The Morgan fingerprint density at radius 3 is 3.11 bits per heavy atom. The molecule has 0 bridgehead atoms. The van der Waals surface area contributed by atoms with Crippen LogP contribution in [0, 0.1) is 0 Å². The minimum atomic E-state index is -0.294. The number of hydrogen-bond acceptors (Lipinski definition) is 3. The van der Waals surface area contributed by atoms with E-state index >= 15 is 0 Å². The topological polar surface area (TPSA) is 47.2 Å². The molecule has 0 aliphatic carbocycles. The van der Waals surface area contributed by atoms with Crippen molar-refractivity contribution in [1.82, 2.24) is 9.88 Å². The molecule has 1 aliphatic heterocycles. The second-order valence-electron chi connectivity index (χ2n) is 5.08. The Hall–Kier alpha value is -1.55. The van der Waals surface area contributed by atoms with Crippen LogP contribution in [-0.4, -0.2) is 17.2 Å². The van der Waals surface area contributed by atoms with E-state index in [0.717, 1.165) is 18.5 Å². The van der Waals surface area contributed by atoms with E-state index in [9.17, 15) is 4.79 Å². The van der Waals surface area contributed by atoms with Crippen molar-refractivity contribution in [3.8, 4) is 0 Å². The first-order valence-electron chi connectivity index (χ1n) is 6.56. The maximum Gasteiger partial charge on any atom is 0.419 e. The van der Waals surface area contributed by atoms with Crippen LogP contribution in [0.1, 0.15) is 24.8 Å². The van der Waals surface area contributed by atoms with Gasteiger partial charge in [-0.05, 0) is 43.5 Å². The van der Waals surface area contributed by atoms with Crippen molar-refractivity contribution in [2.45, 2.75) is 31.7 Å². The fourth-order valence-corrected chi connectivity index (χ4v) is 2.69. The highest BCUT2D eigenvalue weighted by Gasteiger charge is 2.14. The zero-order valence-corrected chi connectivity index (χ0v) is 10.6. The fourth-order valence-electron chi connectivity index (χ4n) is 2.69. The van der Waals surface area contributed by atoms with E-state index in [4.69, 9.17) is 4.42 Å². The summed E-state index contributed by atoms with van der Waals surface area (Å²) in [7, 11) is 1.73. The van der Waals surface area contributed by atoms with E-state index in [0.29, 0.717) is 11.6 Å². The molecule has 96 valence electrons. The van der Waals surface area contributed by atoms with Gasteiger partial charge in [-0.2, -0.15) is 0 Å². The number of benzene rings is 1. The molecule has 0 radical (unpaired) electrons. The van der Waals surface area contributed by atoms with Gasteiger partial charge in [0.2, 0.25) is 0 Å². The van der Waals surface area contributed by atoms with Gasteiger partial charge in [-0.25, -0.2) is 4.79 Å². The van der Waals surface area contributed by atoms with Crippen LogP contribution in [0.25, 0.3) is 11.1 Å². The van der Waals surface area contributed by atoms with E-state index in [2.05, 4.69) is 11.4 Å². The third-order valence-corrected chi connectivity index (χ3v) is 3.75. The maximum absolute atomic E-state index is 11.4. The molecule has 1 N–H and O–H groups in total. The van der Waals surface area contributed by atoms with Crippen LogP contribution >= 0.6 is 0 Å². The van der Waals surface area contributed by atoms with E-state index in [1.54, 1.807) is 7.05 Å². The molecule has 3 rings (SSSR count). The molecule has 2 heterocycles. The quantitative estimate of drug-likeness (QED) is 0.879. The fraction of sp³-hybridized carbons (Fsp3) is 0.500. The molecule has 0 spiro atoms. The highest BCUT2D eigenvalue weighted by atomic mass is 16.4. The highest BCUT2D eigenvalue weighted by Crippen LogP contribution is 2.18. The summed E-state index contributed by atoms with van der Waals surface area (Å²) in [6.45, 7) is 1.12. The van der Waals surface area contributed by atoms with Gasteiger partial charge in [0.05, 0.1) is 5.52 Å². The van der Waals surface area contributed by atoms with Crippen molar-refractivity contribution in [3.63, 3.8) is 0 Å². The number of rotatable bonds is 2. The lowest BCUT2D eigenvalue weighted by atomic mass is 9.98. The van der Waals surface area contributed by atoms with Crippen molar-refractivity contribution in [3.05, 3.63) is 34.3 Å². The van der Waals surface area contributed by atoms with Crippen LogP contribution in [0.15, 0.2) is 27.4 Å². The lowest BCUT2D eigenvalue weighted by molar-refractivity contribution is 0.399. The Morgan fingerprint density at radius 2 is 2.33 bits per heavy atom. The number of oxazole rings is 1. The molecule has 4 heteroatoms. The first kappa shape index (κ1) is 11.5. The molecule has 1 aromatic carbocycles. The number of hydrogen-bond donors (Lipinski definition) is 1. The number of nitrogens with one attached hydrogen (secondary N) is 1. The van der Waals surface area contributed by atoms with Gasteiger partial charge in [0.25, 0.3) is 0 Å². The summed E-state index contributed by atoms with van der Waals surface area (Å²) < 4.78 is 6.76. The van der Waals surface area contributed by atoms with Crippen molar-refractivity contribution in [2.75, 3.05) is 6.54 Å². The second-order valence-corrected chi connectivity index (χ2v) is 5.08. The van der Waals surface area contributed by atoms with E-state index < -0.39 is 0 Å². The zero-order chi connectivity index (χ0) is 12.5. The molecule has 0 amide bonds. The smallest absolute Gasteiger partial charge is 0.408 e. The summed E-state index contributed by atoms with van der Waals surface area (Å²) in [6.07, 6.45) is 4.83. The SMILES string of the molecule is Cn1c(=O)oc2cc(CC3CCCCN3)ccc21. The van der Waals surface area contributed by atoms with Crippen LogP contribution in [0.4, 0.5) is 0 Å². The van der Waals surface area contributed by atoms with Crippen molar-refractivity contribution >= 4 is 11.1 Å². The van der Waals surface area contributed by atoms with Gasteiger partial charge in [-0.3, -0.25) is 4.57 Å². The summed E-state index contributed by atoms with van der Waals surface area (Å²) >= 11 is 0. The van der Waals surface area contributed by atoms with E-state index in [1.807, 2.05) is 12.1 Å². The molecule has 2 aromatic rings. The van der Waals surface area contributed by atoms with Crippen molar-refractivity contribution < 1.29 is 4.42 Å². The molecule has 1 atom stereocenters. The number of aryl methyl sites for hydroxylation is 1. The van der Waals surface area contributed by atoms with E-state index in [1.165, 1.54) is 29.4 Å². The lowest BCUT2D eigenvalue weighted by Crippen LogP contribution is -2.35. The van der Waals surface area contributed by atoms with E-state index in [-0.39, 0.29) is 5.76 Å². The predicted octanol–water partition coefficient (Wildman–Crippen LogP) is 1.82. The standard InChI is InChI=1S/C14H18N2O2/c1-16-12-6-5-10(9-13(12)18-14(16)17)8-11-4-2-3-7-15-11/h5-6,9,11,15H,2-4,7-8H2,1H3. The second kappa shape index (κ2) is 4.61. The molecule has 1 aromatic heterocycles. The highest BCUT2D eigenvalue weighted by molar-refractivity contribution is 5.73. The summed E-state index contributed by atoms with van der Waals surface area (Å²) in [5.41, 5.74) is 2.78.